The molecule has 3 unspecified atom stereocenters. The number of alkyl halides is 1. The van der Waals surface area contributed by atoms with E-state index in [0.717, 1.165) is 17.6 Å². The van der Waals surface area contributed by atoms with Gasteiger partial charge in [-0.15, -0.1) is 0 Å². The average Bonchev–Trinajstić information content (AvgIpc) is 2.44. The van der Waals surface area contributed by atoms with Gasteiger partial charge in [-0.25, -0.2) is 0 Å². The molecule has 0 aromatic heterocycles. The first-order chi connectivity index (χ1) is 10.0. The molecule has 0 saturated heterocycles. The summed E-state index contributed by atoms with van der Waals surface area (Å²) >= 11 is 4.10. The van der Waals surface area contributed by atoms with Gasteiger partial charge in [0.2, 0.25) is 0 Å². The van der Waals surface area contributed by atoms with Crippen LogP contribution in [0.2, 0.25) is 0 Å². The van der Waals surface area contributed by atoms with Crippen molar-refractivity contribution in [1.82, 2.24) is 0 Å². The highest BCUT2D eigenvalue weighted by molar-refractivity contribution is 9.09. The van der Waals surface area contributed by atoms with Crippen LogP contribution in [0.15, 0.2) is 24.3 Å². The molecule has 21 heavy (non-hydrogen) atoms. The Hall–Kier alpha value is -0.500. The third kappa shape index (κ3) is 2.25. The van der Waals surface area contributed by atoms with Crippen LogP contribution in [0.25, 0.3) is 0 Å². The zero-order valence-electron chi connectivity index (χ0n) is 13.1. The summed E-state index contributed by atoms with van der Waals surface area (Å²) in [5.41, 5.74) is 2.54. The van der Waals surface area contributed by atoms with E-state index in [-0.39, 0.29) is 0 Å². The highest BCUT2D eigenvalue weighted by atomic mass is 79.9. The molecule has 1 aromatic rings. The van der Waals surface area contributed by atoms with Gasteiger partial charge in [0, 0.05) is 4.83 Å². The predicted octanol–water partition coefficient (Wildman–Crippen LogP) is 5.74. The highest BCUT2D eigenvalue weighted by Crippen LogP contribution is 2.69. The van der Waals surface area contributed by atoms with E-state index in [1.54, 1.807) is 7.11 Å². The summed E-state index contributed by atoms with van der Waals surface area (Å²) in [5.74, 6) is 2.92. The van der Waals surface area contributed by atoms with Crippen molar-refractivity contribution >= 4 is 15.9 Å². The lowest BCUT2D eigenvalue weighted by molar-refractivity contribution is -0.101. The molecule has 0 spiro atoms. The normalized spacial score (nSPS) is 42.0. The second kappa shape index (κ2) is 4.75. The van der Waals surface area contributed by atoms with E-state index in [1.807, 2.05) is 0 Å². The quantitative estimate of drug-likeness (QED) is 0.633. The number of halogens is 1. The third-order valence-electron chi connectivity index (χ3n) is 6.34. The van der Waals surface area contributed by atoms with Gasteiger partial charge in [0.05, 0.1) is 7.11 Å². The molecule has 5 rings (SSSR count). The van der Waals surface area contributed by atoms with Crippen LogP contribution in [0, 0.1) is 22.7 Å². The molecule has 1 nitrogen and oxygen atoms in total. The molecule has 0 aliphatic heterocycles. The summed E-state index contributed by atoms with van der Waals surface area (Å²) in [4.78, 5) is 0.501. The Morgan fingerprint density at radius 1 is 1.10 bits per heavy atom. The number of hydrogen-bond acceptors (Lipinski definition) is 1. The third-order valence-corrected chi connectivity index (χ3v) is 7.84. The van der Waals surface area contributed by atoms with E-state index >= 15 is 0 Å². The molecule has 4 saturated carbocycles. The summed E-state index contributed by atoms with van der Waals surface area (Å²) < 4.78 is 5.30. The van der Waals surface area contributed by atoms with E-state index in [1.165, 1.54) is 44.1 Å². The Labute approximate surface area is 136 Å². The molecule has 3 atom stereocenters. The fourth-order valence-corrected chi connectivity index (χ4v) is 7.06. The number of benzene rings is 1. The fourth-order valence-electron chi connectivity index (χ4n) is 6.22. The molecule has 114 valence electrons. The minimum Gasteiger partial charge on any atom is -0.497 e. The molecule has 4 bridgehead atoms. The summed E-state index contributed by atoms with van der Waals surface area (Å²) in [6.07, 6.45) is 8.73. The van der Waals surface area contributed by atoms with Crippen molar-refractivity contribution in [1.29, 1.82) is 0 Å². The Morgan fingerprint density at radius 3 is 2.24 bits per heavy atom. The second-order valence-electron chi connectivity index (χ2n) is 8.27. The van der Waals surface area contributed by atoms with Crippen LogP contribution in [0.1, 0.15) is 55.8 Å². The van der Waals surface area contributed by atoms with Crippen LogP contribution in [0.4, 0.5) is 0 Å². The molecule has 0 radical (unpaired) electrons. The van der Waals surface area contributed by atoms with Gasteiger partial charge in [-0.3, -0.25) is 0 Å². The lowest BCUT2D eigenvalue weighted by atomic mass is 9.44. The van der Waals surface area contributed by atoms with Crippen LogP contribution < -0.4 is 4.74 Å². The van der Waals surface area contributed by atoms with Crippen molar-refractivity contribution in [3.05, 3.63) is 29.8 Å². The molecule has 0 heterocycles. The van der Waals surface area contributed by atoms with Crippen molar-refractivity contribution < 1.29 is 4.74 Å². The summed E-state index contributed by atoms with van der Waals surface area (Å²) in [5, 5.41) is 0. The molecule has 0 N–H and O–H groups in total. The molecule has 4 fully saturated rings. The largest absolute Gasteiger partial charge is 0.497 e. The van der Waals surface area contributed by atoms with Crippen molar-refractivity contribution in [3.63, 3.8) is 0 Å². The van der Waals surface area contributed by atoms with Gasteiger partial charge in [0.15, 0.2) is 0 Å². The van der Waals surface area contributed by atoms with Crippen molar-refractivity contribution in [2.75, 3.05) is 7.11 Å². The molecule has 4 aliphatic carbocycles. The summed E-state index contributed by atoms with van der Waals surface area (Å²) in [6.45, 7) is 2.55. The van der Waals surface area contributed by atoms with E-state index in [4.69, 9.17) is 4.74 Å². The maximum absolute atomic E-state index is 5.30. The molecular weight excluding hydrogens is 324 g/mol. The molecule has 2 heteroatoms. The topological polar surface area (TPSA) is 9.23 Å². The molecular formula is C19H25BrO. The highest BCUT2D eigenvalue weighted by Gasteiger charge is 2.58. The number of rotatable bonds is 3. The smallest absolute Gasteiger partial charge is 0.118 e. The number of hydrogen-bond donors (Lipinski definition) is 0. The van der Waals surface area contributed by atoms with Gasteiger partial charge >= 0.3 is 0 Å². The van der Waals surface area contributed by atoms with Gasteiger partial charge in [-0.1, -0.05) is 35.0 Å². The predicted molar refractivity (Wildman–Crippen MR) is 89.9 cm³/mol. The second-order valence-corrected chi connectivity index (χ2v) is 9.19. The monoisotopic (exact) mass is 348 g/mol. The number of ether oxygens (including phenoxy) is 1. The van der Waals surface area contributed by atoms with Gasteiger partial charge in [-0.05, 0) is 78.9 Å². The minimum atomic E-state index is 0.493. The summed E-state index contributed by atoms with van der Waals surface area (Å²) in [6, 6.07) is 8.70. The maximum Gasteiger partial charge on any atom is 0.118 e. The zero-order valence-corrected chi connectivity index (χ0v) is 14.7. The van der Waals surface area contributed by atoms with E-state index < -0.39 is 0 Å². The summed E-state index contributed by atoms with van der Waals surface area (Å²) in [7, 11) is 1.74. The van der Waals surface area contributed by atoms with Crippen molar-refractivity contribution in [2.45, 2.75) is 50.3 Å². The first-order valence-corrected chi connectivity index (χ1v) is 9.22. The van der Waals surface area contributed by atoms with Gasteiger partial charge in [0.25, 0.3) is 0 Å². The Bertz CT molecular complexity index is 521. The Morgan fingerprint density at radius 2 is 1.71 bits per heavy atom. The number of methoxy groups -OCH3 is 1. The van der Waals surface area contributed by atoms with Crippen molar-refractivity contribution in [3.8, 4) is 5.75 Å². The lowest BCUT2D eigenvalue weighted by Gasteiger charge is -2.63. The van der Waals surface area contributed by atoms with Gasteiger partial charge in [0.1, 0.15) is 5.75 Å². The maximum atomic E-state index is 5.30. The van der Waals surface area contributed by atoms with E-state index in [9.17, 15) is 0 Å². The van der Waals surface area contributed by atoms with Crippen LogP contribution in [-0.2, 0) is 0 Å². The first-order valence-electron chi connectivity index (χ1n) is 8.30. The average molecular weight is 349 g/mol. The standard InChI is InChI=1S/C19H25BrO/c1-18-8-13-7-14(9-18)11-19(10-13,12-18)17(20)15-3-5-16(21-2)6-4-15/h3-6,13-14,17H,7-12H2,1-2H3. The Balaban J connectivity index is 1.65. The van der Waals surface area contributed by atoms with E-state index in [0.29, 0.717) is 15.7 Å². The molecule has 4 aliphatic rings. The van der Waals surface area contributed by atoms with E-state index in [2.05, 4.69) is 47.1 Å². The van der Waals surface area contributed by atoms with Crippen LogP contribution in [0.5, 0.6) is 5.75 Å². The van der Waals surface area contributed by atoms with Crippen molar-refractivity contribution in [2.24, 2.45) is 22.7 Å². The van der Waals surface area contributed by atoms with Gasteiger partial charge in [-0.2, -0.15) is 0 Å². The molecule has 1 aromatic carbocycles. The fraction of sp³-hybridized carbons (Fsp3) is 0.684. The van der Waals surface area contributed by atoms with Gasteiger partial charge < -0.3 is 4.74 Å². The lowest BCUT2D eigenvalue weighted by Crippen LogP contribution is -2.52. The Kier molecular flexibility index (Phi) is 3.19. The van der Waals surface area contributed by atoms with Crippen LogP contribution in [-0.4, -0.2) is 7.11 Å². The van der Waals surface area contributed by atoms with Crippen LogP contribution >= 0.6 is 15.9 Å². The first kappa shape index (κ1) is 14.1. The van der Waals surface area contributed by atoms with Crippen LogP contribution in [0.3, 0.4) is 0 Å². The zero-order chi connectivity index (χ0) is 14.7. The molecule has 0 amide bonds. The SMILES string of the molecule is COc1ccc(C(Br)C23CC4CC(CC(C)(C4)C2)C3)cc1. The minimum absolute atomic E-state index is 0.493.